The van der Waals surface area contributed by atoms with Crippen molar-refractivity contribution in [3.8, 4) is 0 Å². The Hall–Kier alpha value is -1.64. The molecule has 0 fully saturated rings. The van der Waals surface area contributed by atoms with E-state index in [0.717, 1.165) is 15.5 Å². The first-order valence-corrected chi connectivity index (χ1v) is 7.92. The Labute approximate surface area is 128 Å². The summed E-state index contributed by atoms with van der Waals surface area (Å²) >= 11 is 7.27. The molecule has 3 aromatic carbocycles. The summed E-state index contributed by atoms with van der Waals surface area (Å²) in [6, 6.07) is 25.2. The minimum atomic E-state index is 0.923. The predicted molar refractivity (Wildman–Crippen MR) is 93.4 cm³/mol. The van der Waals surface area contributed by atoms with E-state index in [4.69, 9.17) is 12.2 Å². The normalized spacial score (nSPS) is 10.6. The molecule has 0 aliphatic carbocycles. The minimum Gasteiger partial charge on any atom is -0.109 e. The van der Waals surface area contributed by atoms with Crippen LogP contribution in [0.25, 0.3) is 10.8 Å². The Morgan fingerprint density at radius 3 is 2.30 bits per heavy atom. The maximum Gasteiger partial charge on any atom is 0.0781 e. The van der Waals surface area contributed by atoms with Crippen LogP contribution in [0.3, 0.4) is 0 Å². The second kappa shape index (κ2) is 6.21. The molecule has 0 saturated carbocycles. The topological polar surface area (TPSA) is 0 Å². The molecule has 0 radical (unpaired) electrons. The fraction of sp³-hybridized carbons (Fsp3) is 0.0556. The summed E-state index contributed by atoms with van der Waals surface area (Å²) in [6.07, 6.45) is 0. The van der Waals surface area contributed by atoms with E-state index < -0.39 is 0 Å². The van der Waals surface area contributed by atoms with Crippen molar-refractivity contribution in [2.75, 3.05) is 0 Å². The number of hydrogen-bond donors (Lipinski definition) is 0. The van der Waals surface area contributed by atoms with Crippen molar-refractivity contribution >= 4 is 38.9 Å². The Morgan fingerprint density at radius 1 is 0.800 bits per heavy atom. The van der Waals surface area contributed by atoms with Gasteiger partial charge in [0.05, 0.1) is 4.20 Å². The highest BCUT2D eigenvalue weighted by Gasteiger charge is 2.04. The van der Waals surface area contributed by atoms with Crippen LogP contribution in [0, 0.1) is 0 Å². The average Bonchev–Trinajstić information content (AvgIpc) is 2.53. The van der Waals surface area contributed by atoms with Crippen molar-refractivity contribution in [1.82, 2.24) is 0 Å². The first-order chi connectivity index (χ1) is 9.83. The first kappa shape index (κ1) is 13.3. The fourth-order valence-corrected chi connectivity index (χ4v) is 3.21. The molecule has 0 atom stereocenters. The van der Waals surface area contributed by atoms with Gasteiger partial charge < -0.3 is 0 Å². The van der Waals surface area contributed by atoms with E-state index in [1.165, 1.54) is 16.3 Å². The van der Waals surface area contributed by atoms with E-state index in [0.29, 0.717) is 0 Å². The van der Waals surface area contributed by atoms with Gasteiger partial charge in [-0.2, -0.15) is 0 Å². The molecule has 0 heterocycles. The number of hydrogen-bond acceptors (Lipinski definition) is 2. The summed E-state index contributed by atoms with van der Waals surface area (Å²) in [5, 5.41) is 2.50. The zero-order valence-corrected chi connectivity index (χ0v) is 12.6. The molecule has 0 nitrogen and oxygen atoms in total. The van der Waals surface area contributed by atoms with Gasteiger partial charge in [-0.25, -0.2) is 0 Å². The lowest BCUT2D eigenvalue weighted by molar-refractivity contribution is 1.43. The van der Waals surface area contributed by atoms with Crippen molar-refractivity contribution in [3.63, 3.8) is 0 Å². The fourth-order valence-electron chi connectivity index (χ4n) is 2.12. The quantitative estimate of drug-likeness (QED) is 0.589. The predicted octanol–water partition coefficient (Wildman–Crippen LogP) is 5.45. The molecule has 0 aliphatic rings. The van der Waals surface area contributed by atoms with E-state index in [9.17, 15) is 0 Å². The molecule has 0 spiro atoms. The van der Waals surface area contributed by atoms with Gasteiger partial charge in [-0.05, 0) is 28.0 Å². The van der Waals surface area contributed by atoms with Gasteiger partial charge in [0.2, 0.25) is 0 Å². The molecule has 2 heteroatoms. The molecule has 3 rings (SSSR count). The van der Waals surface area contributed by atoms with Crippen LogP contribution in [0.5, 0.6) is 0 Å². The van der Waals surface area contributed by atoms with E-state index in [1.54, 1.807) is 11.8 Å². The van der Waals surface area contributed by atoms with E-state index in [-0.39, 0.29) is 0 Å². The van der Waals surface area contributed by atoms with Crippen LogP contribution in [0.1, 0.15) is 11.1 Å². The highest BCUT2D eigenvalue weighted by molar-refractivity contribution is 8.23. The lowest BCUT2D eigenvalue weighted by Crippen LogP contribution is -1.92. The van der Waals surface area contributed by atoms with Gasteiger partial charge >= 0.3 is 0 Å². The lowest BCUT2D eigenvalue weighted by atomic mass is 10.1. The lowest BCUT2D eigenvalue weighted by Gasteiger charge is -2.06. The maximum absolute atomic E-state index is 5.55. The van der Waals surface area contributed by atoms with Crippen molar-refractivity contribution in [3.05, 3.63) is 83.9 Å². The number of thioether (sulfide) groups is 1. The zero-order chi connectivity index (χ0) is 13.8. The van der Waals surface area contributed by atoms with Crippen LogP contribution in [-0.2, 0) is 5.75 Å². The summed E-state index contributed by atoms with van der Waals surface area (Å²) in [7, 11) is 0. The number of fused-ring (bicyclic) bond motifs is 1. The smallest absolute Gasteiger partial charge is 0.0781 e. The molecule has 0 aliphatic heterocycles. The summed E-state index contributed by atoms with van der Waals surface area (Å²) in [6.45, 7) is 0. The molecule has 0 bridgehead atoms. The van der Waals surface area contributed by atoms with Crippen LogP contribution in [0.15, 0.2) is 72.8 Å². The summed E-state index contributed by atoms with van der Waals surface area (Å²) < 4.78 is 0.958. The van der Waals surface area contributed by atoms with Crippen LogP contribution < -0.4 is 0 Å². The van der Waals surface area contributed by atoms with E-state index in [1.807, 2.05) is 6.07 Å². The summed E-state index contributed by atoms with van der Waals surface area (Å²) in [5.74, 6) is 0.923. The van der Waals surface area contributed by atoms with Gasteiger partial charge in [-0.3, -0.25) is 0 Å². The summed E-state index contributed by atoms with van der Waals surface area (Å²) in [5.41, 5.74) is 2.44. The second-order valence-electron chi connectivity index (χ2n) is 4.62. The molecule has 98 valence electrons. The third-order valence-corrected chi connectivity index (χ3v) is 4.76. The SMILES string of the molecule is S=C(SCc1ccccc1)c1ccc2ccccc2c1. The minimum absolute atomic E-state index is 0.923. The van der Waals surface area contributed by atoms with Gasteiger partial charge in [0.1, 0.15) is 0 Å². The molecule has 3 aromatic rings. The van der Waals surface area contributed by atoms with Crippen molar-refractivity contribution in [2.24, 2.45) is 0 Å². The number of thiocarbonyl (C=S) groups is 1. The van der Waals surface area contributed by atoms with E-state index >= 15 is 0 Å². The molecule has 0 unspecified atom stereocenters. The van der Waals surface area contributed by atoms with Gasteiger partial charge in [-0.1, -0.05) is 78.9 Å². The van der Waals surface area contributed by atoms with Gasteiger partial charge in [0.15, 0.2) is 0 Å². The molecule has 0 N–H and O–H groups in total. The van der Waals surface area contributed by atoms with Crippen molar-refractivity contribution in [2.45, 2.75) is 5.75 Å². The van der Waals surface area contributed by atoms with Crippen LogP contribution in [0.4, 0.5) is 0 Å². The largest absolute Gasteiger partial charge is 0.109 e. The molecule has 20 heavy (non-hydrogen) atoms. The number of benzene rings is 3. The Bertz CT molecular complexity index is 733. The van der Waals surface area contributed by atoms with Crippen molar-refractivity contribution < 1.29 is 0 Å². The van der Waals surface area contributed by atoms with Crippen LogP contribution in [0.2, 0.25) is 0 Å². The van der Waals surface area contributed by atoms with Gasteiger partial charge in [0.25, 0.3) is 0 Å². The van der Waals surface area contributed by atoms with Crippen molar-refractivity contribution in [1.29, 1.82) is 0 Å². The third-order valence-electron chi connectivity index (χ3n) is 3.20. The molecular weight excluding hydrogens is 280 g/mol. The van der Waals surface area contributed by atoms with Gasteiger partial charge in [0, 0.05) is 5.75 Å². The highest BCUT2D eigenvalue weighted by atomic mass is 32.2. The van der Waals surface area contributed by atoms with Crippen LogP contribution >= 0.6 is 24.0 Å². The average molecular weight is 294 g/mol. The first-order valence-electron chi connectivity index (χ1n) is 6.53. The molecule has 0 aromatic heterocycles. The molecule has 0 saturated heterocycles. The second-order valence-corrected chi connectivity index (χ2v) is 6.28. The molecular formula is C18H14S2. The van der Waals surface area contributed by atoms with Crippen LogP contribution in [-0.4, -0.2) is 4.20 Å². The monoisotopic (exact) mass is 294 g/mol. The number of rotatable bonds is 3. The molecule has 0 amide bonds. The summed E-state index contributed by atoms with van der Waals surface area (Å²) in [4.78, 5) is 0. The zero-order valence-electron chi connectivity index (χ0n) is 11.0. The third kappa shape index (κ3) is 3.09. The maximum atomic E-state index is 5.55. The Balaban J connectivity index is 1.75. The van der Waals surface area contributed by atoms with E-state index in [2.05, 4.69) is 66.7 Å². The highest BCUT2D eigenvalue weighted by Crippen LogP contribution is 2.22. The van der Waals surface area contributed by atoms with Gasteiger partial charge in [-0.15, -0.1) is 11.8 Å². The Kier molecular flexibility index (Phi) is 4.14. The Morgan fingerprint density at radius 2 is 1.50 bits per heavy atom. The standard InChI is InChI=1S/C18H14S2/c19-18(20-13-14-6-2-1-3-7-14)17-11-10-15-8-4-5-9-16(15)12-17/h1-12H,13H2.